The Kier molecular flexibility index (Phi) is 6.05. The SMILES string of the molecule is COC(=O)c1ccccc1-c1ccc([C@@H]2[C@@H](c3ccccn3)NC(=S)N2Cc2ccncc2)o1. The number of hydrogen-bond donors (Lipinski definition) is 1. The first-order chi connectivity index (χ1) is 16.7. The van der Waals surface area contributed by atoms with Gasteiger partial charge < -0.3 is 19.4 Å². The van der Waals surface area contributed by atoms with Crippen LogP contribution in [0.3, 0.4) is 0 Å². The molecule has 34 heavy (non-hydrogen) atoms. The van der Waals surface area contributed by atoms with Crippen LogP contribution in [-0.2, 0) is 11.3 Å². The van der Waals surface area contributed by atoms with Crippen LogP contribution in [0.25, 0.3) is 11.3 Å². The summed E-state index contributed by atoms with van der Waals surface area (Å²) in [5, 5.41) is 4.04. The number of methoxy groups -OCH3 is 1. The summed E-state index contributed by atoms with van der Waals surface area (Å²) in [4.78, 5) is 23.1. The summed E-state index contributed by atoms with van der Waals surface area (Å²) in [6, 6.07) is 20.3. The molecule has 1 N–H and O–H groups in total. The van der Waals surface area contributed by atoms with Crippen LogP contribution in [0.15, 0.2) is 89.7 Å². The molecule has 0 bridgehead atoms. The Morgan fingerprint density at radius 3 is 2.62 bits per heavy atom. The van der Waals surface area contributed by atoms with E-state index in [0.29, 0.717) is 34.3 Å². The van der Waals surface area contributed by atoms with Crippen LogP contribution >= 0.6 is 12.2 Å². The van der Waals surface area contributed by atoms with E-state index in [9.17, 15) is 4.79 Å². The van der Waals surface area contributed by atoms with Crippen molar-refractivity contribution in [3.63, 3.8) is 0 Å². The van der Waals surface area contributed by atoms with Crippen molar-refractivity contribution < 1.29 is 13.9 Å². The topological polar surface area (TPSA) is 80.5 Å². The normalized spacial score (nSPS) is 17.4. The van der Waals surface area contributed by atoms with Gasteiger partial charge >= 0.3 is 5.97 Å². The minimum absolute atomic E-state index is 0.203. The van der Waals surface area contributed by atoms with Crippen molar-refractivity contribution in [2.24, 2.45) is 0 Å². The molecule has 1 aromatic carbocycles. The van der Waals surface area contributed by atoms with Crippen LogP contribution in [0.4, 0.5) is 0 Å². The van der Waals surface area contributed by atoms with E-state index < -0.39 is 5.97 Å². The van der Waals surface area contributed by atoms with E-state index in [1.165, 1.54) is 7.11 Å². The molecule has 7 nitrogen and oxygen atoms in total. The molecule has 1 aliphatic rings. The smallest absolute Gasteiger partial charge is 0.338 e. The highest BCUT2D eigenvalue weighted by Crippen LogP contribution is 2.41. The molecule has 0 radical (unpaired) electrons. The summed E-state index contributed by atoms with van der Waals surface area (Å²) < 4.78 is 11.3. The van der Waals surface area contributed by atoms with E-state index in [2.05, 4.69) is 20.2 Å². The van der Waals surface area contributed by atoms with Crippen molar-refractivity contribution in [3.8, 4) is 11.3 Å². The first kappa shape index (κ1) is 21.8. The molecule has 4 heterocycles. The molecule has 8 heteroatoms. The third kappa shape index (κ3) is 4.15. The lowest BCUT2D eigenvalue weighted by Crippen LogP contribution is -2.29. The monoisotopic (exact) mass is 470 g/mol. The van der Waals surface area contributed by atoms with Gasteiger partial charge in [0.05, 0.1) is 24.4 Å². The average molecular weight is 471 g/mol. The maximum Gasteiger partial charge on any atom is 0.338 e. The molecule has 170 valence electrons. The standard InChI is InChI=1S/C26H22N4O3S/c1-32-25(31)19-7-3-2-6-18(19)21-9-10-22(33-21)24-23(20-8-4-5-13-28-20)29-26(34)30(24)16-17-11-14-27-15-12-17/h2-15,23-24H,16H2,1H3,(H,29,34)/t23-,24-/m1/s1. The number of nitrogens with zero attached hydrogens (tertiary/aromatic N) is 3. The highest BCUT2D eigenvalue weighted by molar-refractivity contribution is 7.80. The van der Waals surface area contributed by atoms with Crippen molar-refractivity contribution >= 4 is 23.3 Å². The molecular formula is C26H22N4O3S. The Balaban J connectivity index is 1.55. The lowest BCUT2D eigenvalue weighted by molar-refractivity contribution is 0.0601. The zero-order valence-corrected chi connectivity index (χ0v) is 19.2. The summed E-state index contributed by atoms with van der Waals surface area (Å²) in [7, 11) is 1.37. The number of thiocarbonyl (C=S) groups is 1. The van der Waals surface area contributed by atoms with Crippen LogP contribution in [0.5, 0.6) is 0 Å². The number of aromatic nitrogens is 2. The molecular weight excluding hydrogens is 448 g/mol. The van der Waals surface area contributed by atoms with Gasteiger partial charge in [-0.05, 0) is 60.2 Å². The molecule has 0 unspecified atom stereocenters. The first-order valence-corrected chi connectivity index (χ1v) is 11.2. The molecule has 2 atom stereocenters. The van der Waals surface area contributed by atoms with Gasteiger partial charge in [0.25, 0.3) is 0 Å². The molecule has 0 aliphatic carbocycles. The van der Waals surface area contributed by atoms with Crippen LogP contribution in [-0.4, -0.2) is 33.1 Å². The third-order valence-corrected chi connectivity index (χ3v) is 6.17. The molecule has 1 aliphatic heterocycles. The van der Waals surface area contributed by atoms with Crippen molar-refractivity contribution in [2.45, 2.75) is 18.6 Å². The maximum atomic E-state index is 12.3. The molecule has 0 saturated carbocycles. The summed E-state index contributed by atoms with van der Waals surface area (Å²) in [5.74, 6) is 0.882. The van der Waals surface area contributed by atoms with Crippen LogP contribution < -0.4 is 5.32 Å². The fraction of sp³-hybridized carbons (Fsp3) is 0.154. The van der Waals surface area contributed by atoms with Gasteiger partial charge in [-0.1, -0.05) is 24.3 Å². The number of ether oxygens (including phenoxy) is 1. The fourth-order valence-electron chi connectivity index (χ4n) is 4.21. The number of benzene rings is 1. The third-order valence-electron chi connectivity index (χ3n) is 5.82. The maximum absolute atomic E-state index is 12.3. The Bertz CT molecular complexity index is 1310. The molecule has 1 saturated heterocycles. The lowest BCUT2D eigenvalue weighted by Gasteiger charge is -2.26. The Labute approximate surface area is 202 Å². The predicted molar refractivity (Wildman–Crippen MR) is 131 cm³/mol. The predicted octanol–water partition coefficient (Wildman–Crippen LogP) is 4.70. The second kappa shape index (κ2) is 9.44. The number of rotatable bonds is 6. The molecule has 5 rings (SSSR count). The van der Waals surface area contributed by atoms with Gasteiger partial charge in [-0.2, -0.15) is 0 Å². The van der Waals surface area contributed by atoms with E-state index in [1.54, 1.807) is 30.7 Å². The number of pyridine rings is 2. The van der Waals surface area contributed by atoms with Crippen molar-refractivity contribution in [2.75, 3.05) is 7.11 Å². The highest BCUT2D eigenvalue weighted by Gasteiger charge is 2.41. The first-order valence-electron chi connectivity index (χ1n) is 10.8. The number of esters is 1. The fourth-order valence-corrected chi connectivity index (χ4v) is 4.52. The zero-order valence-electron chi connectivity index (χ0n) is 18.4. The minimum Gasteiger partial charge on any atom is -0.465 e. The van der Waals surface area contributed by atoms with Crippen LogP contribution in [0, 0.1) is 0 Å². The average Bonchev–Trinajstić information content (AvgIpc) is 3.49. The summed E-state index contributed by atoms with van der Waals surface area (Å²) in [6.07, 6.45) is 5.30. The van der Waals surface area contributed by atoms with Crippen LogP contribution in [0.1, 0.15) is 39.5 Å². The van der Waals surface area contributed by atoms with Crippen LogP contribution in [0.2, 0.25) is 0 Å². The molecule has 0 spiro atoms. The summed E-state index contributed by atoms with van der Waals surface area (Å²) >= 11 is 5.73. The van der Waals surface area contributed by atoms with Gasteiger partial charge in [0.15, 0.2) is 5.11 Å². The molecule has 1 fully saturated rings. The Morgan fingerprint density at radius 2 is 1.85 bits per heavy atom. The second-order valence-corrected chi connectivity index (χ2v) is 8.24. The number of furan rings is 1. The molecule has 0 amide bonds. The van der Waals surface area contributed by atoms with Crippen molar-refractivity contribution in [1.82, 2.24) is 20.2 Å². The van der Waals surface area contributed by atoms with E-state index >= 15 is 0 Å². The minimum atomic E-state index is -0.414. The van der Waals surface area contributed by atoms with E-state index in [4.69, 9.17) is 21.4 Å². The summed E-state index contributed by atoms with van der Waals surface area (Å²) in [5.41, 5.74) is 3.05. The number of hydrogen-bond acceptors (Lipinski definition) is 6. The quantitative estimate of drug-likeness (QED) is 0.321. The number of carbonyl (C=O) groups excluding carboxylic acids is 1. The summed E-state index contributed by atoms with van der Waals surface area (Å²) in [6.45, 7) is 0.580. The van der Waals surface area contributed by atoms with E-state index in [-0.39, 0.29) is 12.1 Å². The van der Waals surface area contributed by atoms with Gasteiger partial charge in [0, 0.05) is 30.7 Å². The second-order valence-electron chi connectivity index (χ2n) is 7.85. The van der Waals surface area contributed by atoms with Gasteiger partial charge in [0.2, 0.25) is 0 Å². The molecule has 3 aromatic heterocycles. The van der Waals surface area contributed by atoms with Gasteiger partial charge in [-0.15, -0.1) is 0 Å². The number of nitrogens with one attached hydrogen (secondary N) is 1. The van der Waals surface area contributed by atoms with Gasteiger partial charge in [-0.3, -0.25) is 9.97 Å². The number of carbonyl (C=O) groups is 1. The van der Waals surface area contributed by atoms with Crippen molar-refractivity contribution in [1.29, 1.82) is 0 Å². The lowest BCUT2D eigenvalue weighted by atomic mass is 10.0. The highest BCUT2D eigenvalue weighted by atomic mass is 32.1. The Hall–Kier alpha value is -4.04. The van der Waals surface area contributed by atoms with Gasteiger partial charge in [-0.25, -0.2) is 4.79 Å². The van der Waals surface area contributed by atoms with E-state index in [1.807, 2.05) is 54.6 Å². The zero-order chi connectivity index (χ0) is 23.5. The van der Waals surface area contributed by atoms with Crippen molar-refractivity contribution in [3.05, 3.63) is 108 Å². The largest absolute Gasteiger partial charge is 0.465 e. The Morgan fingerprint density at radius 1 is 1.06 bits per heavy atom. The van der Waals surface area contributed by atoms with E-state index in [0.717, 1.165) is 11.3 Å². The van der Waals surface area contributed by atoms with Gasteiger partial charge in [0.1, 0.15) is 17.6 Å². The molecule has 4 aromatic rings.